The molecule has 0 bridgehead atoms. The molecule has 0 aliphatic carbocycles. The Kier molecular flexibility index (Phi) is 5.09. The van der Waals surface area contributed by atoms with Gasteiger partial charge in [0, 0.05) is 12.2 Å². The van der Waals surface area contributed by atoms with E-state index >= 15 is 0 Å². The summed E-state index contributed by atoms with van der Waals surface area (Å²) in [6.45, 7) is 2.42. The second-order valence-electron chi connectivity index (χ2n) is 3.40. The maximum Gasteiger partial charge on any atom is 0.103 e. The molecule has 0 spiro atoms. The predicted molar refractivity (Wildman–Crippen MR) is 54.0 cm³/mol. The third-order valence-corrected chi connectivity index (χ3v) is 3.41. The zero-order valence-corrected chi connectivity index (χ0v) is 8.80. The summed E-state index contributed by atoms with van der Waals surface area (Å²) in [5, 5.41) is 18.6. The lowest BCUT2D eigenvalue weighted by Gasteiger charge is -2.30. The molecule has 3 atom stereocenters. The summed E-state index contributed by atoms with van der Waals surface area (Å²) in [7, 11) is 0. The van der Waals surface area contributed by atoms with E-state index < -0.39 is 12.2 Å². The van der Waals surface area contributed by atoms with Gasteiger partial charge in [0.2, 0.25) is 0 Å². The Morgan fingerprint density at radius 2 is 2.15 bits per heavy atom. The molecule has 13 heavy (non-hydrogen) atoms. The fourth-order valence-electron chi connectivity index (χ4n) is 1.32. The second-order valence-corrected chi connectivity index (χ2v) is 4.55. The Morgan fingerprint density at radius 1 is 1.38 bits per heavy atom. The molecule has 3 unspecified atom stereocenters. The van der Waals surface area contributed by atoms with E-state index in [-0.39, 0.29) is 12.7 Å². The van der Waals surface area contributed by atoms with Gasteiger partial charge in [-0.15, -0.1) is 0 Å². The Hall–Kier alpha value is 0.230. The van der Waals surface area contributed by atoms with Gasteiger partial charge >= 0.3 is 0 Å². The van der Waals surface area contributed by atoms with Crippen LogP contribution in [0.5, 0.6) is 0 Å². The van der Waals surface area contributed by atoms with Crippen LogP contribution in [0.1, 0.15) is 19.8 Å². The first-order valence-electron chi connectivity index (χ1n) is 4.79. The lowest BCUT2D eigenvalue weighted by Crippen LogP contribution is -2.42. The molecule has 4 heteroatoms. The van der Waals surface area contributed by atoms with Crippen LogP contribution in [0.2, 0.25) is 0 Å². The fourth-order valence-corrected chi connectivity index (χ4v) is 2.27. The molecule has 0 aromatic heterocycles. The first-order valence-corrected chi connectivity index (χ1v) is 5.95. The van der Waals surface area contributed by atoms with Crippen molar-refractivity contribution in [1.82, 2.24) is 0 Å². The summed E-state index contributed by atoms with van der Waals surface area (Å²) in [4.78, 5) is 0. The van der Waals surface area contributed by atoms with Crippen molar-refractivity contribution in [3.05, 3.63) is 0 Å². The molecule has 1 aliphatic rings. The van der Waals surface area contributed by atoms with Gasteiger partial charge in [-0.25, -0.2) is 0 Å². The van der Waals surface area contributed by atoms with E-state index in [2.05, 4.69) is 6.92 Å². The topological polar surface area (TPSA) is 49.7 Å². The molecule has 3 nitrogen and oxygen atoms in total. The average molecular weight is 206 g/mol. The summed E-state index contributed by atoms with van der Waals surface area (Å²) in [5.74, 6) is 2.07. The van der Waals surface area contributed by atoms with Gasteiger partial charge in [0.1, 0.15) is 6.10 Å². The summed E-state index contributed by atoms with van der Waals surface area (Å²) in [6, 6.07) is 0. The fraction of sp³-hybridized carbons (Fsp3) is 1.00. The summed E-state index contributed by atoms with van der Waals surface area (Å²) in [5.41, 5.74) is 0. The van der Waals surface area contributed by atoms with Gasteiger partial charge < -0.3 is 14.9 Å². The molecule has 0 aromatic carbocycles. The SMILES string of the molecule is CCCSCC1CC(O)C(O)CO1. The third kappa shape index (κ3) is 3.85. The highest BCUT2D eigenvalue weighted by molar-refractivity contribution is 7.99. The number of hydrogen-bond acceptors (Lipinski definition) is 4. The molecule has 1 saturated heterocycles. The lowest BCUT2D eigenvalue weighted by atomic mass is 10.1. The van der Waals surface area contributed by atoms with Crippen LogP contribution < -0.4 is 0 Å². The second kappa shape index (κ2) is 5.86. The average Bonchev–Trinajstić information content (AvgIpc) is 2.12. The van der Waals surface area contributed by atoms with Crippen molar-refractivity contribution in [2.75, 3.05) is 18.1 Å². The van der Waals surface area contributed by atoms with E-state index in [4.69, 9.17) is 4.74 Å². The largest absolute Gasteiger partial charge is 0.390 e. The molecule has 1 fully saturated rings. The van der Waals surface area contributed by atoms with Crippen LogP contribution in [0.15, 0.2) is 0 Å². The van der Waals surface area contributed by atoms with Crippen molar-refractivity contribution in [3.8, 4) is 0 Å². The van der Waals surface area contributed by atoms with E-state index in [1.165, 1.54) is 6.42 Å². The molecule has 0 amide bonds. The van der Waals surface area contributed by atoms with E-state index in [0.29, 0.717) is 6.42 Å². The smallest absolute Gasteiger partial charge is 0.103 e. The summed E-state index contributed by atoms with van der Waals surface area (Å²) >= 11 is 1.85. The molecular weight excluding hydrogens is 188 g/mol. The van der Waals surface area contributed by atoms with Crippen LogP contribution in [0.25, 0.3) is 0 Å². The van der Waals surface area contributed by atoms with Crippen LogP contribution in [-0.4, -0.2) is 46.6 Å². The number of hydrogen-bond donors (Lipinski definition) is 2. The summed E-state index contributed by atoms with van der Waals surface area (Å²) < 4.78 is 5.38. The van der Waals surface area contributed by atoms with Crippen molar-refractivity contribution >= 4 is 11.8 Å². The van der Waals surface area contributed by atoms with E-state index in [1.54, 1.807) is 0 Å². The van der Waals surface area contributed by atoms with Crippen LogP contribution in [0.3, 0.4) is 0 Å². The van der Waals surface area contributed by atoms with Crippen molar-refractivity contribution in [1.29, 1.82) is 0 Å². The maximum absolute atomic E-state index is 9.37. The van der Waals surface area contributed by atoms with Gasteiger partial charge in [-0.05, 0) is 12.2 Å². The molecular formula is C9H18O3S. The Bertz CT molecular complexity index is 143. The van der Waals surface area contributed by atoms with Gasteiger partial charge in [0.25, 0.3) is 0 Å². The van der Waals surface area contributed by atoms with Gasteiger partial charge in [0.05, 0.1) is 18.8 Å². The van der Waals surface area contributed by atoms with Gasteiger partial charge in [-0.3, -0.25) is 0 Å². The lowest BCUT2D eigenvalue weighted by molar-refractivity contribution is -0.113. The van der Waals surface area contributed by atoms with Gasteiger partial charge in [0.15, 0.2) is 0 Å². The number of ether oxygens (including phenoxy) is 1. The zero-order valence-electron chi connectivity index (χ0n) is 7.98. The zero-order chi connectivity index (χ0) is 9.68. The highest BCUT2D eigenvalue weighted by Crippen LogP contribution is 2.18. The minimum absolute atomic E-state index is 0.120. The van der Waals surface area contributed by atoms with E-state index in [9.17, 15) is 10.2 Å². The molecule has 78 valence electrons. The first-order chi connectivity index (χ1) is 6.24. The van der Waals surface area contributed by atoms with Crippen molar-refractivity contribution in [2.45, 2.75) is 38.1 Å². The van der Waals surface area contributed by atoms with Crippen molar-refractivity contribution < 1.29 is 14.9 Å². The molecule has 1 aliphatic heterocycles. The quantitative estimate of drug-likeness (QED) is 0.663. The standard InChI is InChI=1S/C9H18O3S/c1-2-3-13-6-7-4-8(10)9(11)5-12-7/h7-11H,2-6H2,1H3. The van der Waals surface area contributed by atoms with Crippen LogP contribution >= 0.6 is 11.8 Å². The van der Waals surface area contributed by atoms with E-state index in [0.717, 1.165) is 11.5 Å². The number of thioether (sulfide) groups is 1. The first kappa shape index (κ1) is 11.3. The Labute approximate surface area is 83.5 Å². The highest BCUT2D eigenvalue weighted by atomic mass is 32.2. The molecule has 2 N–H and O–H groups in total. The van der Waals surface area contributed by atoms with Crippen LogP contribution in [0.4, 0.5) is 0 Å². The number of aliphatic hydroxyl groups excluding tert-OH is 2. The molecule has 0 aromatic rings. The Balaban J connectivity index is 2.14. The number of rotatable bonds is 4. The van der Waals surface area contributed by atoms with Crippen molar-refractivity contribution in [2.24, 2.45) is 0 Å². The highest BCUT2D eigenvalue weighted by Gasteiger charge is 2.27. The van der Waals surface area contributed by atoms with Gasteiger partial charge in [-0.2, -0.15) is 11.8 Å². The Morgan fingerprint density at radius 3 is 2.77 bits per heavy atom. The summed E-state index contributed by atoms with van der Waals surface area (Å²) in [6.07, 6.45) is 0.573. The predicted octanol–water partition coefficient (Wildman–Crippen LogP) is 0.640. The molecule has 0 saturated carbocycles. The minimum atomic E-state index is -0.688. The third-order valence-electron chi connectivity index (χ3n) is 2.10. The minimum Gasteiger partial charge on any atom is -0.390 e. The monoisotopic (exact) mass is 206 g/mol. The normalized spacial score (nSPS) is 34.8. The van der Waals surface area contributed by atoms with Crippen LogP contribution in [0, 0.1) is 0 Å². The van der Waals surface area contributed by atoms with Crippen LogP contribution in [-0.2, 0) is 4.74 Å². The molecule has 0 radical (unpaired) electrons. The van der Waals surface area contributed by atoms with E-state index in [1.807, 2.05) is 11.8 Å². The van der Waals surface area contributed by atoms with Crippen molar-refractivity contribution in [3.63, 3.8) is 0 Å². The number of aliphatic hydroxyl groups is 2. The molecule has 1 rings (SSSR count). The molecule has 1 heterocycles. The van der Waals surface area contributed by atoms with Gasteiger partial charge in [-0.1, -0.05) is 6.92 Å². The maximum atomic E-state index is 9.37.